The molecule has 0 aromatic carbocycles. The van der Waals surface area contributed by atoms with E-state index in [4.69, 9.17) is 11.6 Å². The summed E-state index contributed by atoms with van der Waals surface area (Å²) in [4.78, 5) is 23.6. The molecule has 30 heavy (non-hydrogen) atoms. The molecule has 1 saturated carbocycles. The maximum Gasteiger partial charge on any atom is 0.254 e. The second-order valence-electron chi connectivity index (χ2n) is 8.78. The largest absolute Gasteiger partial charge is 0.365 e. The standard InChI is InChI=1S/C23H30ClFN4O/c1-14(2)19(15(3)21(26-5)28-23(4)8-9-23)22(30)29-10-6-16(7-11-29)20-18(24)12-17(25)13-27-20/h12-13,16,28H,5-11H2,1-4H3/b21-15-. The van der Waals surface area contributed by atoms with Crippen LogP contribution in [0.25, 0.3) is 0 Å². The average molecular weight is 433 g/mol. The summed E-state index contributed by atoms with van der Waals surface area (Å²) in [5, 5.41) is 3.79. The summed E-state index contributed by atoms with van der Waals surface area (Å²) in [5.41, 5.74) is 3.22. The lowest BCUT2D eigenvalue weighted by atomic mass is 9.91. The maximum atomic E-state index is 13.4. The lowest BCUT2D eigenvalue weighted by Crippen LogP contribution is -2.39. The highest BCUT2D eigenvalue weighted by Crippen LogP contribution is 2.37. The average Bonchev–Trinajstić information content (AvgIpc) is 3.43. The number of piperidine rings is 1. The number of carbonyl (C=O) groups is 1. The molecule has 2 heterocycles. The minimum Gasteiger partial charge on any atom is -0.365 e. The van der Waals surface area contributed by atoms with Crippen molar-refractivity contribution < 1.29 is 9.18 Å². The highest BCUT2D eigenvalue weighted by Gasteiger charge is 2.38. The monoisotopic (exact) mass is 432 g/mol. The zero-order chi connectivity index (χ0) is 22.1. The minimum atomic E-state index is -0.438. The molecule has 1 aromatic heterocycles. The van der Waals surface area contributed by atoms with Gasteiger partial charge in [0.2, 0.25) is 0 Å². The summed E-state index contributed by atoms with van der Waals surface area (Å²) in [7, 11) is 0. The van der Waals surface area contributed by atoms with Crippen LogP contribution in [0.4, 0.5) is 4.39 Å². The van der Waals surface area contributed by atoms with E-state index in [-0.39, 0.29) is 17.4 Å². The van der Waals surface area contributed by atoms with Crippen molar-refractivity contribution in [3.8, 4) is 0 Å². The summed E-state index contributed by atoms with van der Waals surface area (Å²) >= 11 is 6.18. The molecule has 2 aliphatic rings. The summed E-state index contributed by atoms with van der Waals surface area (Å²) in [5.74, 6) is 0.368. The third-order valence-corrected chi connectivity index (χ3v) is 6.33. The first kappa shape index (κ1) is 22.5. The van der Waals surface area contributed by atoms with E-state index in [9.17, 15) is 9.18 Å². The smallest absolute Gasteiger partial charge is 0.254 e. The van der Waals surface area contributed by atoms with Crippen LogP contribution in [0.2, 0.25) is 5.02 Å². The molecule has 1 N–H and O–H groups in total. The zero-order valence-electron chi connectivity index (χ0n) is 18.2. The molecule has 5 nitrogen and oxygen atoms in total. The number of hydrogen-bond donors (Lipinski definition) is 1. The van der Waals surface area contributed by atoms with Gasteiger partial charge in [-0.15, -0.1) is 0 Å². The first-order chi connectivity index (χ1) is 14.1. The molecule has 3 rings (SSSR count). The normalized spacial score (nSPS) is 19.1. The molecule has 7 heteroatoms. The second-order valence-corrected chi connectivity index (χ2v) is 9.19. The van der Waals surface area contributed by atoms with Crippen LogP contribution < -0.4 is 5.32 Å². The fourth-order valence-electron chi connectivity index (χ4n) is 3.96. The number of hydrogen-bond acceptors (Lipinski definition) is 4. The van der Waals surface area contributed by atoms with Crippen LogP contribution >= 0.6 is 11.6 Å². The van der Waals surface area contributed by atoms with Crippen molar-refractivity contribution in [1.29, 1.82) is 0 Å². The number of nitrogens with zero attached hydrogens (tertiary/aromatic N) is 3. The van der Waals surface area contributed by atoms with Crippen molar-refractivity contribution >= 4 is 24.2 Å². The molecule has 1 amide bonds. The van der Waals surface area contributed by atoms with Crippen molar-refractivity contribution in [1.82, 2.24) is 15.2 Å². The molecule has 1 aliphatic heterocycles. The molecule has 1 aliphatic carbocycles. The Morgan fingerprint density at radius 2 is 1.97 bits per heavy atom. The lowest BCUT2D eigenvalue weighted by molar-refractivity contribution is -0.128. The van der Waals surface area contributed by atoms with Gasteiger partial charge in [0.25, 0.3) is 5.91 Å². The van der Waals surface area contributed by atoms with Crippen molar-refractivity contribution in [3.63, 3.8) is 0 Å². The molecule has 1 aromatic rings. The predicted octanol–water partition coefficient (Wildman–Crippen LogP) is 4.99. The van der Waals surface area contributed by atoms with Gasteiger partial charge in [-0.2, -0.15) is 0 Å². The Morgan fingerprint density at radius 3 is 2.47 bits per heavy atom. The van der Waals surface area contributed by atoms with Gasteiger partial charge in [0, 0.05) is 35.7 Å². The van der Waals surface area contributed by atoms with Gasteiger partial charge in [-0.3, -0.25) is 9.78 Å². The van der Waals surface area contributed by atoms with Crippen LogP contribution in [0.3, 0.4) is 0 Å². The summed E-state index contributed by atoms with van der Waals surface area (Å²) < 4.78 is 13.3. The SMILES string of the molecule is C=N/C(NC1(C)CC1)=C(\C)C(C(=O)N1CCC(c2ncc(F)cc2Cl)CC1)=C(C)C. The van der Waals surface area contributed by atoms with Crippen LogP contribution in [-0.2, 0) is 4.79 Å². The van der Waals surface area contributed by atoms with Crippen LogP contribution in [-0.4, -0.2) is 41.1 Å². The third kappa shape index (κ3) is 4.91. The molecule has 1 saturated heterocycles. The van der Waals surface area contributed by atoms with E-state index in [1.54, 1.807) is 0 Å². The Labute approximate surface area is 183 Å². The van der Waals surface area contributed by atoms with Crippen molar-refractivity contribution in [3.05, 3.63) is 51.3 Å². The Kier molecular flexibility index (Phi) is 6.65. The first-order valence-corrected chi connectivity index (χ1v) is 10.8. The minimum absolute atomic E-state index is 0.00742. The van der Waals surface area contributed by atoms with E-state index in [0.29, 0.717) is 35.2 Å². The fourth-order valence-corrected chi connectivity index (χ4v) is 4.26. The van der Waals surface area contributed by atoms with E-state index < -0.39 is 5.82 Å². The Balaban J connectivity index is 1.74. The second kappa shape index (κ2) is 8.88. The first-order valence-electron chi connectivity index (χ1n) is 10.4. The Hall–Kier alpha value is -2.21. The van der Waals surface area contributed by atoms with Crippen molar-refractivity contribution in [2.75, 3.05) is 13.1 Å². The highest BCUT2D eigenvalue weighted by molar-refractivity contribution is 6.31. The Bertz CT molecular complexity index is 908. The van der Waals surface area contributed by atoms with E-state index >= 15 is 0 Å². The maximum absolute atomic E-state index is 13.4. The molecule has 0 radical (unpaired) electrons. The fraction of sp³-hybridized carbons (Fsp3) is 0.522. The van der Waals surface area contributed by atoms with Gasteiger partial charge >= 0.3 is 0 Å². The summed E-state index contributed by atoms with van der Waals surface area (Å²) in [6.45, 7) is 12.9. The van der Waals surface area contributed by atoms with Gasteiger partial charge in [-0.05, 0) is 66.2 Å². The van der Waals surface area contributed by atoms with E-state index in [1.165, 1.54) is 12.3 Å². The number of nitrogens with one attached hydrogen (secondary N) is 1. The summed E-state index contributed by atoms with van der Waals surface area (Å²) in [6, 6.07) is 1.30. The van der Waals surface area contributed by atoms with Crippen molar-refractivity contribution in [2.45, 2.75) is 64.8 Å². The molecular weight excluding hydrogens is 403 g/mol. The topological polar surface area (TPSA) is 57.6 Å². The van der Waals surface area contributed by atoms with E-state index in [1.807, 2.05) is 25.7 Å². The van der Waals surface area contributed by atoms with Crippen LogP contribution in [0.1, 0.15) is 65.0 Å². The number of aliphatic imine (C=N–C) groups is 1. The molecule has 0 spiro atoms. The number of likely N-dealkylation sites (tertiary alicyclic amines) is 1. The van der Waals surface area contributed by atoms with Gasteiger partial charge in [0.05, 0.1) is 16.9 Å². The Morgan fingerprint density at radius 1 is 1.33 bits per heavy atom. The zero-order valence-corrected chi connectivity index (χ0v) is 18.9. The van der Waals surface area contributed by atoms with Crippen LogP contribution in [0.15, 0.2) is 39.8 Å². The third-order valence-electron chi connectivity index (χ3n) is 6.03. The summed E-state index contributed by atoms with van der Waals surface area (Å²) in [6.07, 6.45) is 4.86. The van der Waals surface area contributed by atoms with E-state index in [0.717, 1.165) is 36.8 Å². The molecule has 0 atom stereocenters. The number of amides is 1. The molecular formula is C23H30ClFN4O. The number of pyridine rings is 1. The number of rotatable bonds is 6. The quantitative estimate of drug-likeness (QED) is 0.391. The van der Waals surface area contributed by atoms with Crippen molar-refractivity contribution in [2.24, 2.45) is 4.99 Å². The van der Waals surface area contributed by atoms with Gasteiger partial charge in [-0.1, -0.05) is 17.2 Å². The molecule has 162 valence electrons. The molecule has 0 unspecified atom stereocenters. The lowest BCUT2D eigenvalue weighted by Gasteiger charge is -2.33. The van der Waals surface area contributed by atoms with Crippen LogP contribution in [0.5, 0.6) is 0 Å². The number of allylic oxidation sites excluding steroid dienone is 1. The van der Waals surface area contributed by atoms with Crippen LogP contribution in [0, 0.1) is 5.82 Å². The van der Waals surface area contributed by atoms with Gasteiger partial charge in [-0.25, -0.2) is 9.38 Å². The highest BCUT2D eigenvalue weighted by atomic mass is 35.5. The molecule has 0 bridgehead atoms. The van der Waals surface area contributed by atoms with E-state index in [2.05, 4.69) is 28.9 Å². The number of aromatic nitrogens is 1. The predicted molar refractivity (Wildman–Crippen MR) is 119 cm³/mol. The number of carbonyl (C=O) groups excluding carboxylic acids is 1. The number of halogens is 2. The van der Waals surface area contributed by atoms with Gasteiger partial charge < -0.3 is 10.2 Å². The van der Waals surface area contributed by atoms with Gasteiger partial charge in [0.1, 0.15) is 11.6 Å². The van der Waals surface area contributed by atoms with Gasteiger partial charge in [0.15, 0.2) is 0 Å². The molecule has 2 fully saturated rings.